The molecule has 7 heteroatoms. The minimum atomic E-state index is -0.0327. The quantitative estimate of drug-likeness (QED) is 0.802. The fraction of sp³-hybridized carbons (Fsp3) is 0.588. The summed E-state index contributed by atoms with van der Waals surface area (Å²) in [4.78, 5) is 12.1. The van der Waals surface area contributed by atoms with Crippen molar-refractivity contribution in [1.29, 1.82) is 0 Å². The van der Waals surface area contributed by atoms with E-state index in [9.17, 15) is 4.79 Å². The van der Waals surface area contributed by atoms with Crippen LogP contribution in [-0.2, 0) is 24.4 Å². The van der Waals surface area contributed by atoms with Crippen molar-refractivity contribution in [2.24, 2.45) is 0 Å². The van der Waals surface area contributed by atoms with Gasteiger partial charge < -0.3 is 10.6 Å². The highest BCUT2D eigenvalue weighted by molar-refractivity contribution is 5.75. The summed E-state index contributed by atoms with van der Waals surface area (Å²) < 4.78 is 3.62. The van der Waals surface area contributed by atoms with E-state index in [0.29, 0.717) is 12.5 Å². The Morgan fingerprint density at radius 1 is 1.46 bits per heavy atom. The normalized spacial score (nSPS) is 17.8. The van der Waals surface area contributed by atoms with E-state index in [-0.39, 0.29) is 12.5 Å². The molecule has 130 valence electrons. The lowest BCUT2D eigenvalue weighted by atomic mass is 9.97. The molecule has 7 nitrogen and oxygen atoms in total. The molecule has 24 heavy (non-hydrogen) atoms. The van der Waals surface area contributed by atoms with E-state index in [2.05, 4.69) is 27.8 Å². The topological polar surface area (TPSA) is 76.8 Å². The summed E-state index contributed by atoms with van der Waals surface area (Å²) in [5.74, 6) is 0.433. The van der Waals surface area contributed by atoms with Crippen LogP contribution < -0.4 is 10.6 Å². The van der Waals surface area contributed by atoms with Crippen molar-refractivity contribution >= 4 is 5.91 Å². The molecule has 1 saturated heterocycles. The third kappa shape index (κ3) is 4.44. The zero-order valence-corrected chi connectivity index (χ0v) is 14.2. The minimum Gasteiger partial charge on any atom is -0.350 e. The number of amides is 1. The fourth-order valence-corrected chi connectivity index (χ4v) is 3.04. The van der Waals surface area contributed by atoms with Crippen LogP contribution >= 0.6 is 0 Å². The van der Waals surface area contributed by atoms with Crippen LogP contribution in [0.4, 0.5) is 0 Å². The fourth-order valence-electron chi connectivity index (χ4n) is 3.04. The number of piperidine rings is 1. The van der Waals surface area contributed by atoms with Crippen LogP contribution in [0, 0.1) is 0 Å². The first-order valence-electron chi connectivity index (χ1n) is 8.76. The summed E-state index contributed by atoms with van der Waals surface area (Å²) in [5.41, 5.74) is 2.10. The number of hydrogen-bond acceptors (Lipinski definition) is 4. The van der Waals surface area contributed by atoms with Crippen LogP contribution in [-0.4, -0.2) is 38.6 Å². The van der Waals surface area contributed by atoms with Crippen molar-refractivity contribution in [3.8, 4) is 0 Å². The molecule has 0 aliphatic carbocycles. The predicted octanol–water partition coefficient (Wildman–Crippen LogP) is 1.27. The second kappa shape index (κ2) is 8.10. The number of aryl methyl sites for hydroxylation is 1. The van der Waals surface area contributed by atoms with E-state index in [1.165, 1.54) is 6.42 Å². The molecule has 1 atom stereocenters. The highest BCUT2D eigenvalue weighted by Gasteiger charge is 2.17. The first kappa shape index (κ1) is 16.7. The van der Waals surface area contributed by atoms with Crippen molar-refractivity contribution < 1.29 is 4.79 Å². The van der Waals surface area contributed by atoms with Crippen molar-refractivity contribution in [2.75, 3.05) is 13.1 Å². The van der Waals surface area contributed by atoms with Gasteiger partial charge in [0, 0.05) is 43.5 Å². The van der Waals surface area contributed by atoms with E-state index in [4.69, 9.17) is 0 Å². The summed E-state index contributed by atoms with van der Waals surface area (Å²) in [6.07, 6.45) is 9.07. The summed E-state index contributed by atoms with van der Waals surface area (Å²) in [6.45, 7) is 5.84. The minimum absolute atomic E-state index is 0.0327. The Kier molecular flexibility index (Phi) is 5.63. The van der Waals surface area contributed by atoms with Gasteiger partial charge in [-0.2, -0.15) is 10.2 Å². The average Bonchev–Trinajstić information content (AvgIpc) is 3.24. The average molecular weight is 330 g/mol. The molecule has 0 radical (unpaired) electrons. The Hall–Kier alpha value is -2.15. The molecule has 2 aromatic heterocycles. The Morgan fingerprint density at radius 2 is 2.38 bits per heavy atom. The Balaban J connectivity index is 1.46. The van der Waals surface area contributed by atoms with Crippen LogP contribution in [0.2, 0.25) is 0 Å². The number of carbonyl (C=O) groups excluding carboxylic acids is 1. The lowest BCUT2D eigenvalue weighted by Gasteiger charge is -2.20. The SMILES string of the molecule is CCCn1cc(CNC(=O)Cn2ccc([C@H]3CCCNC3)n2)cn1. The standard InChI is InChI=1S/C17H26N6O/c1-2-7-22-12-14(10-20-22)9-19-17(24)13-23-8-5-16(21-23)15-4-3-6-18-11-15/h5,8,10,12,15,18H,2-4,6-7,9,11,13H2,1H3,(H,19,24)/t15-/m0/s1. The number of aromatic nitrogens is 4. The van der Waals surface area contributed by atoms with Crippen LogP contribution in [0.25, 0.3) is 0 Å². The van der Waals surface area contributed by atoms with E-state index < -0.39 is 0 Å². The molecule has 1 aliphatic rings. The Bertz CT molecular complexity index is 656. The molecule has 1 fully saturated rings. The maximum atomic E-state index is 12.1. The van der Waals surface area contributed by atoms with E-state index in [0.717, 1.165) is 43.7 Å². The third-order valence-electron chi connectivity index (χ3n) is 4.31. The zero-order valence-electron chi connectivity index (χ0n) is 14.2. The van der Waals surface area contributed by atoms with Crippen molar-refractivity contribution in [2.45, 2.75) is 51.7 Å². The van der Waals surface area contributed by atoms with Gasteiger partial charge in [0.1, 0.15) is 6.54 Å². The number of nitrogens with zero attached hydrogens (tertiary/aromatic N) is 4. The highest BCUT2D eigenvalue weighted by Crippen LogP contribution is 2.21. The second-order valence-electron chi connectivity index (χ2n) is 6.37. The van der Waals surface area contributed by atoms with Gasteiger partial charge in [-0.15, -0.1) is 0 Å². The number of nitrogens with one attached hydrogen (secondary N) is 2. The molecule has 2 N–H and O–H groups in total. The first-order chi connectivity index (χ1) is 11.7. The summed E-state index contributed by atoms with van der Waals surface area (Å²) >= 11 is 0. The van der Waals surface area contributed by atoms with Gasteiger partial charge in [-0.25, -0.2) is 0 Å². The second-order valence-corrected chi connectivity index (χ2v) is 6.37. The van der Waals surface area contributed by atoms with Gasteiger partial charge in [-0.05, 0) is 31.9 Å². The first-order valence-corrected chi connectivity index (χ1v) is 8.76. The molecule has 0 bridgehead atoms. The zero-order chi connectivity index (χ0) is 16.8. The van der Waals surface area contributed by atoms with Crippen LogP contribution in [0.15, 0.2) is 24.7 Å². The van der Waals surface area contributed by atoms with Crippen LogP contribution in [0.3, 0.4) is 0 Å². The smallest absolute Gasteiger partial charge is 0.241 e. The van der Waals surface area contributed by atoms with Gasteiger partial charge in [0.25, 0.3) is 0 Å². The van der Waals surface area contributed by atoms with E-state index in [1.807, 2.05) is 23.1 Å². The van der Waals surface area contributed by atoms with E-state index >= 15 is 0 Å². The number of carbonyl (C=O) groups is 1. The largest absolute Gasteiger partial charge is 0.350 e. The number of hydrogen-bond donors (Lipinski definition) is 2. The summed E-state index contributed by atoms with van der Waals surface area (Å²) in [6, 6.07) is 2.03. The van der Waals surface area contributed by atoms with Gasteiger partial charge in [-0.3, -0.25) is 14.2 Å². The van der Waals surface area contributed by atoms with Crippen molar-refractivity contribution in [1.82, 2.24) is 30.2 Å². The molecule has 3 rings (SSSR count). The molecule has 0 spiro atoms. The molecular formula is C17H26N6O. The Labute approximate surface area is 142 Å². The van der Waals surface area contributed by atoms with Gasteiger partial charge in [0.15, 0.2) is 0 Å². The van der Waals surface area contributed by atoms with Gasteiger partial charge in [0.2, 0.25) is 5.91 Å². The molecular weight excluding hydrogens is 304 g/mol. The van der Waals surface area contributed by atoms with Crippen LogP contribution in [0.5, 0.6) is 0 Å². The molecule has 0 saturated carbocycles. The van der Waals surface area contributed by atoms with Gasteiger partial charge >= 0.3 is 0 Å². The van der Waals surface area contributed by atoms with Crippen molar-refractivity contribution in [3.05, 3.63) is 35.9 Å². The van der Waals surface area contributed by atoms with Gasteiger partial charge in [0.05, 0.1) is 11.9 Å². The molecule has 1 aliphatic heterocycles. The van der Waals surface area contributed by atoms with E-state index in [1.54, 1.807) is 10.9 Å². The lowest BCUT2D eigenvalue weighted by molar-refractivity contribution is -0.122. The maximum Gasteiger partial charge on any atom is 0.241 e. The molecule has 1 amide bonds. The molecule has 0 aromatic carbocycles. The highest BCUT2D eigenvalue weighted by atomic mass is 16.2. The molecule has 2 aromatic rings. The predicted molar refractivity (Wildman–Crippen MR) is 91.4 cm³/mol. The maximum absolute atomic E-state index is 12.1. The van der Waals surface area contributed by atoms with Crippen molar-refractivity contribution in [3.63, 3.8) is 0 Å². The van der Waals surface area contributed by atoms with Crippen LogP contribution in [0.1, 0.15) is 43.4 Å². The lowest BCUT2D eigenvalue weighted by Crippen LogP contribution is -2.29. The molecule has 0 unspecified atom stereocenters. The number of rotatable bonds is 7. The third-order valence-corrected chi connectivity index (χ3v) is 4.31. The van der Waals surface area contributed by atoms with Gasteiger partial charge in [-0.1, -0.05) is 6.92 Å². The monoisotopic (exact) mass is 330 g/mol. The Morgan fingerprint density at radius 3 is 3.17 bits per heavy atom. The summed E-state index contributed by atoms with van der Waals surface area (Å²) in [5, 5.41) is 15.1. The molecule has 3 heterocycles. The summed E-state index contributed by atoms with van der Waals surface area (Å²) in [7, 11) is 0.